The largest absolute Gasteiger partial charge is 0.466 e. The molecule has 0 N–H and O–H groups in total. The average molecular weight is 413 g/mol. The third-order valence-corrected chi connectivity index (χ3v) is 5.23. The van der Waals surface area contributed by atoms with E-state index in [0.717, 1.165) is 23.6 Å². The molecule has 0 heterocycles. The molecule has 0 amide bonds. The summed E-state index contributed by atoms with van der Waals surface area (Å²) >= 11 is 0. The van der Waals surface area contributed by atoms with E-state index in [1.54, 1.807) is 6.07 Å². The Morgan fingerprint density at radius 1 is 0.700 bits per heavy atom. The second-order valence-electron chi connectivity index (χ2n) is 7.89. The van der Waals surface area contributed by atoms with Crippen molar-refractivity contribution in [3.63, 3.8) is 0 Å². The molecule has 0 saturated carbocycles. The molecule has 0 saturated heterocycles. The highest BCUT2D eigenvalue weighted by molar-refractivity contribution is 5.84. The predicted molar refractivity (Wildman–Crippen MR) is 122 cm³/mol. The van der Waals surface area contributed by atoms with Crippen LogP contribution in [0.1, 0.15) is 84.0 Å². The molecule has 0 aliphatic rings. The zero-order valence-electron chi connectivity index (χ0n) is 18.4. The van der Waals surface area contributed by atoms with Crippen molar-refractivity contribution in [2.24, 2.45) is 0 Å². The van der Waals surface area contributed by atoms with Crippen LogP contribution < -0.4 is 4.74 Å². The summed E-state index contributed by atoms with van der Waals surface area (Å²) in [6.45, 7) is 2.72. The topological polar surface area (TPSA) is 52.6 Å². The molecule has 0 aliphatic heterocycles. The van der Waals surface area contributed by atoms with Gasteiger partial charge in [-0.15, -0.1) is 0 Å². The monoisotopic (exact) mass is 412 g/mol. The molecule has 30 heavy (non-hydrogen) atoms. The molecule has 0 radical (unpaired) electrons. The fraction of sp³-hybridized carbons (Fsp3) is 0.538. The van der Waals surface area contributed by atoms with Crippen molar-refractivity contribution in [2.45, 2.75) is 84.0 Å². The van der Waals surface area contributed by atoms with Gasteiger partial charge in [0.25, 0.3) is 0 Å². The van der Waals surface area contributed by atoms with Crippen molar-refractivity contribution in [1.82, 2.24) is 0 Å². The maximum absolute atomic E-state index is 12.0. The lowest BCUT2D eigenvalue weighted by Crippen LogP contribution is -2.10. The molecule has 0 unspecified atom stereocenters. The molecule has 2 aromatic carbocycles. The van der Waals surface area contributed by atoms with E-state index in [1.165, 1.54) is 44.9 Å². The van der Waals surface area contributed by atoms with Gasteiger partial charge in [-0.2, -0.15) is 0 Å². The van der Waals surface area contributed by atoms with Gasteiger partial charge >= 0.3 is 11.9 Å². The first-order chi connectivity index (χ1) is 14.7. The summed E-state index contributed by atoms with van der Waals surface area (Å²) in [5.74, 6) is -0.0169. The lowest BCUT2D eigenvalue weighted by atomic mass is 10.1. The van der Waals surface area contributed by atoms with Gasteiger partial charge in [0, 0.05) is 12.8 Å². The Hall–Kier alpha value is -2.36. The van der Waals surface area contributed by atoms with Crippen LogP contribution >= 0.6 is 0 Å². The number of esters is 2. The van der Waals surface area contributed by atoms with Crippen LogP contribution in [-0.4, -0.2) is 18.5 Å². The molecule has 0 atom stereocenters. The van der Waals surface area contributed by atoms with Gasteiger partial charge in [-0.1, -0.05) is 88.6 Å². The van der Waals surface area contributed by atoms with E-state index < -0.39 is 0 Å². The molecular formula is C26H36O4. The van der Waals surface area contributed by atoms with Gasteiger partial charge in [0.05, 0.1) is 6.61 Å². The van der Waals surface area contributed by atoms with Crippen LogP contribution in [0.2, 0.25) is 0 Å². The van der Waals surface area contributed by atoms with Crippen LogP contribution in [0, 0.1) is 0 Å². The third-order valence-electron chi connectivity index (χ3n) is 5.23. The molecule has 164 valence electrons. The molecule has 2 aromatic rings. The fourth-order valence-corrected chi connectivity index (χ4v) is 3.46. The summed E-state index contributed by atoms with van der Waals surface area (Å²) in [6.07, 6.45) is 12.1. The molecule has 0 bridgehead atoms. The standard InChI is InChI=1S/C26H36O4/c1-2-3-4-5-6-7-8-9-12-20-29-25(27)16-13-17-26(28)30-24-19-18-22-14-10-11-15-23(22)21-24/h10-11,14-15,18-19,21H,2-9,12-13,16-17,20H2,1H3. The Kier molecular flexibility index (Phi) is 11.6. The average Bonchev–Trinajstić information content (AvgIpc) is 2.75. The molecule has 0 fully saturated rings. The summed E-state index contributed by atoms with van der Waals surface area (Å²) < 4.78 is 10.6. The number of benzene rings is 2. The fourth-order valence-electron chi connectivity index (χ4n) is 3.46. The van der Waals surface area contributed by atoms with E-state index in [9.17, 15) is 9.59 Å². The smallest absolute Gasteiger partial charge is 0.311 e. The number of ether oxygens (including phenoxy) is 2. The highest BCUT2D eigenvalue weighted by Crippen LogP contribution is 2.21. The maximum Gasteiger partial charge on any atom is 0.311 e. The van der Waals surface area contributed by atoms with Crippen molar-refractivity contribution in [1.29, 1.82) is 0 Å². The quantitative estimate of drug-likeness (QED) is 0.180. The highest BCUT2D eigenvalue weighted by Gasteiger charge is 2.09. The highest BCUT2D eigenvalue weighted by atomic mass is 16.5. The Bertz CT molecular complexity index is 768. The second kappa shape index (κ2) is 14.6. The van der Waals surface area contributed by atoms with Crippen LogP contribution in [0.15, 0.2) is 42.5 Å². The van der Waals surface area contributed by atoms with Crippen molar-refractivity contribution < 1.29 is 19.1 Å². The van der Waals surface area contributed by atoms with Crippen molar-refractivity contribution in [3.05, 3.63) is 42.5 Å². The number of carbonyl (C=O) groups is 2. The van der Waals surface area contributed by atoms with Crippen LogP contribution in [0.4, 0.5) is 0 Å². The molecular weight excluding hydrogens is 376 g/mol. The summed E-state index contributed by atoms with van der Waals surface area (Å²) in [4.78, 5) is 23.8. The number of hydrogen-bond donors (Lipinski definition) is 0. The maximum atomic E-state index is 12.0. The molecule has 0 aliphatic carbocycles. The minimum Gasteiger partial charge on any atom is -0.466 e. The first-order valence-corrected chi connectivity index (χ1v) is 11.5. The van der Waals surface area contributed by atoms with E-state index in [4.69, 9.17) is 9.47 Å². The Morgan fingerprint density at radius 3 is 2.07 bits per heavy atom. The van der Waals surface area contributed by atoms with E-state index in [-0.39, 0.29) is 24.8 Å². The number of carbonyl (C=O) groups excluding carboxylic acids is 2. The lowest BCUT2D eigenvalue weighted by Gasteiger charge is -2.07. The second-order valence-corrected chi connectivity index (χ2v) is 7.89. The summed E-state index contributed by atoms with van der Waals surface area (Å²) in [5.41, 5.74) is 0. The first kappa shape index (κ1) is 23.9. The molecule has 2 rings (SSSR count). The Morgan fingerprint density at radius 2 is 1.33 bits per heavy atom. The van der Waals surface area contributed by atoms with Gasteiger partial charge in [-0.25, -0.2) is 0 Å². The SMILES string of the molecule is CCCCCCCCCCCOC(=O)CCCC(=O)Oc1ccc2ccccc2c1. The van der Waals surface area contributed by atoms with E-state index in [1.807, 2.05) is 36.4 Å². The molecule has 0 aromatic heterocycles. The van der Waals surface area contributed by atoms with Crippen molar-refractivity contribution >= 4 is 22.7 Å². The minimum absolute atomic E-state index is 0.208. The zero-order valence-corrected chi connectivity index (χ0v) is 18.4. The Labute approximate surface area is 181 Å². The van der Waals surface area contributed by atoms with Crippen LogP contribution in [0.3, 0.4) is 0 Å². The van der Waals surface area contributed by atoms with Crippen LogP contribution in [-0.2, 0) is 14.3 Å². The van der Waals surface area contributed by atoms with E-state index >= 15 is 0 Å². The summed E-state index contributed by atoms with van der Waals surface area (Å²) in [5, 5.41) is 2.13. The molecule has 4 nitrogen and oxygen atoms in total. The van der Waals surface area contributed by atoms with Gasteiger partial charge in [-0.3, -0.25) is 9.59 Å². The van der Waals surface area contributed by atoms with Crippen LogP contribution in [0.25, 0.3) is 10.8 Å². The Balaban J connectivity index is 1.48. The van der Waals surface area contributed by atoms with Gasteiger partial charge in [0.1, 0.15) is 5.75 Å². The van der Waals surface area contributed by atoms with Crippen LogP contribution in [0.5, 0.6) is 5.75 Å². The number of unbranched alkanes of at least 4 members (excludes halogenated alkanes) is 8. The van der Waals surface area contributed by atoms with Gasteiger partial charge in [-0.05, 0) is 35.7 Å². The van der Waals surface area contributed by atoms with E-state index in [2.05, 4.69) is 6.92 Å². The predicted octanol–water partition coefficient (Wildman–Crippen LogP) is 6.99. The number of fused-ring (bicyclic) bond motifs is 1. The molecule has 4 heteroatoms. The van der Waals surface area contributed by atoms with E-state index in [0.29, 0.717) is 18.8 Å². The number of hydrogen-bond acceptors (Lipinski definition) is 4. The lowest BCUT2D eigenvalue weighted by molar-refractivity contribution is -0.144. The van der Waals surface area contributed by atoms with Crippen molar-refractivity contribution in [2.75, 3.05) is 6.61 Å². The van der Waals surface area contributed by atoms with Gasteiger partial charge in [0.2, 0.25) is 0 Å². The number of rotatable bonds is 15. The first-order valence-electron chi connectivity index (χ1n) is 11.5. The van der Waals surface area contributed by atoms with Crippen molar-refractivity contribution in [3.8, 4) is 5.75 Å². The third kappa shape index (κ3) is 9.91. The zero-order chi connectivity index (χ0) is 21.4. The van der Waals surface area contributed by atoms with Gasteiger partial charge < -0.3 is 9.47 Å². The summed E-state index contributed by atoms with van der Waals surface area (Å²) in [7, 11) is 0. The summed E-state index contributed by atoms with van der Waals surface area (Å²) in [6, 6.07) is 13.5. The molecule has 0 spiro atoms. The normalized spacial score (nSPS) is 10.8. The minimum atomic E-state index is -0.322. The van der Waals surface area contributed by atoms with Gasteiger partial charge in [0.15, 0.2) is 0 Å².